The Balaban J connectivity index is 2.65. The fraction of sp³-hybridized carbons (Fsp3) is 0.182. The van der Waals surface area contributed by atoms with Crippen molar-refractivity contribution in [2.75, 3.05) is 0 Å². The third-order valence-electron chi connectivity index (χ3n) is 2.25. The van der Waals surface area contributed by atoms with Gasteiger partial charge >= 0.3 is 0 Å². The lowest BCUT2D eigenvalue weighted by Crippen LogP contribution is -2.15. The monoisotopic (exact) mass is 217 g/mol. The van der Waals surface area contributed by atoms with Gasteiger partial charge in [0, 0.05) is 6.20 Å². The first-order chi connectivity index (χ1) is 7.59. The van der Waals surface area contributed by atoms with Crippen molar-refractivity contribution in [1.29, 1.82) is 0 Å². The summed E-state index contributed by atoms with van der Waals surface area (Å²) in [5.41, 5.74) is 6.89. The molecule has 2 N–H and O–H groups in total. The van der Waals surface area contributed by atoms with Gasteiger partial charge in [0.1, 0.15) is 17.3 Å². The van der Waals surface area contributed by atoms with E-state index in [0.29, 0.717) is 17.1 Å². The molecule has 5 heteroatoms. The summed E-state index contributed by atoms with van der Waals surface area (Å²) in [7, 11) is 0. The summed E-state index contributed by atoms with van der Waals surface area (Å²) in [4.78, 5) is 19.3. The summed E-state index contributed by atoms with van der Waals surface area (Å²) in [5, 5.41) is 0. The topological polar surface area (TPSA) is 82.0 Å². The molecule has 0 unspecified atom stereocenters. The highest BCUT2D eigenvalue weighted by Gasteiger charge is 2.16. The molecule has 0 radical (unpaired) electrons. The predicted molar refractivity (Wildman–Crippen MR) is 57.7 cm³/mol. The van der Waals surface area contributed by atoms with Gasteiger partial charge in [0.05, 0.1) is 11.8 Å². The van der Waals surface area contributed by atoms with Crippen molar-refractivity contribution in [3.63, 3.8) is 0 Å². The fourth-order valence-electron chi connectivity index (χ4n) is 1.47. The molecule has 0 saturated heterocycles. The van der Waals surface area contributed by atoms with Gasteiger partial charge in [-0.05, 0) is 25.5 Å². The van der Waals surface area contributed by atoms with E-state index in [0.717, 1.165) is 5.56 Å². The van der Waals surface area contributed by atoms with Gasteiger partial charge < -0.3 is 10.2 Å². The molecular weight excluding hydrogens is 206 g/mol. The SMILES string of the molecule is Cc1ncc(-c2occc2C)c(C(N)=O)n1. The molecule has 0 aliphatic rings. The van der Waals surface area contributed by atoms with Crippen molar-refractivity contribution in [3.05, 3.63) is 35.6 Å². The fourth-order valence-corrected chi connectivity index (χ4v) is 1.47. The Morgan fingerprint density at radius 3 is 2.75 bits per heavy atom. The molecule has 16 heavy (non-hydrogen) atoms. The average molecular weight is 217 g/mol. The van der Waals surface area contributed by atoms with Gasteiger partial charge in [0.15, 0.2) is 0 Å². The number of hydrogen-bond donors (Lipinski definition) is 1. The van der Waals surface area contributed by atoms with Crippen molar-refractivity contribution in [1.82, 2.24) is 9.97 Å². The maximum Gasteiger partial charge on any atom is 0.268 e. The lowest BCUT2D eigenvalue weighted by atomic mass is 10.1. The Labute approximate surface area is 92.3 Å². The van der Waals surface area contributed by atoms with Crippen LogP contribution in [0.1, 0.15) is 21.9 Å². The first kappa shape index (κ1) is 10.4. The van der Waals surface area contributed by atoms with E-state index in [1.54, 1.807) is 25.5 Å². The van der Waals surface area contributed by atoms with Gasteiger partial charge in [-0.3, -0.25) is 4.79 Å². The molecule has 2 rings (SSSR count). The van der Waals surface area contributed by atoms with Gasteiger partial charge in [-0.2, -0.15) is 0 Å². The molecular formula is C11H11N3O2. The third kappa shape index (κ3) is 1.67. The Bertz CT molecular complexity index is 546. The second-order valence-corrected chi connectivity index (χ2v) is 3.48. The van der Waals surface area contributed by atoms with Crippen molar-refractivity contribution in [3.8, 4) is 11.3 Å². The number of hydrogen-bond acceptors (Lipinski definition) is 4. The first-order valence-electron chi connectivity index (χ1n) is 4.77. The molecule has 1 amide bonds. The largest absolute Gasteiger partial charge is 0.464 e. The van der Waals surface area contributed by atoms with Gasteiger partial charge in [-0.25, -0.2) is 9.97 Å². The normalized spacial score (nSPS) is 10.4. The summed E-state index contributed by atoms with van der Waals surface area (Å²) in [6.45, 7) is 3.58. The quantitative estimate of drug-likeness (QED) is 0.825. The Kier molecular flexibility index (Phi) is 2.44. The van der Waals surface area contributed by atoms with Crippen molar-refractivity contribution in [2.24, 2.45) is 5.73 Å². The number of carbonyl (C=O) groups excluding carboxylic acids is 1. The van der Waals surface area contributed by atoms with Gasteiger partial charge in [-0.1, -0.05) is 0 Å². The molecule has 2 aromatic rings. The number of carbonyl (C=O) groups is 1. The van der Waals surface area contributed by atoms with E-state index in [-0.39, 0.29) is 5.69 Å². The molecule has 2 heterocycles. The molecule has 0 aromatic carbocycles. The number of amides is 1. The van der Waals surface area contributed by atoms with Gasteiger partial charge in [-0.15, -0.1) is 0 Å². The minimum atomic E-state index is -0.587. The van der Waals surface area contributed by atoms with Crippen molar-refractivity contribution < 1.29 is 9.21 Å². The van der Waals surface area contributed by atoms with Crippen LogP contribution in [0, 0.1) is 13.8 Å². The average Bonchev–Trinajstić information content (AvgIpc) is 2.64. The lowest BCUT2D eigenvalue weighted by Gasteiger charge is -2.04. The molecule has 2 aromatic heterocycles. The standard InChI is InChI=1S/C11H11N3O2/c1-6-3-4-16-10(6)8-5-13-7(2)14-9(8)11(12)15/h3-5H,1-2H3,(H2,12,15). The van der Waals surface area contributed by atoms with Crippen molar-refractivity contribution >= 4 is 5.91 Å². The number of nitrogens with two attached hydrogens (primary N) is 1. The van der Waals surface area contributed by atoms with Crippen LogP contribution in [0.2, 0.25) is 0 Å². The molecule has 0 saturated carbocycles. The van der Waals surface area contributed by atoms with Gasteiger partial charge in [0.25, 0.3) is 5.91 Å². The number of aromatic nitrogens is 2. The molecule has 0 aliphatic carbocycles. The summed E-state index contributed by atoms with van der Waals surface area (Å²) in [5.74, 6) is 0.492. The minimum absolute atomic E-state index is 0.186. The van der Waals surface area contributed by atoms with E-state index in [1.807, 2.05) is 6.92 Å². The van der Waals surface area contributed by atoms with Crippen LogP contribution in [0.15, 0.2) is 22.9 Å². The van der Waals surface area contributed by atoms with Crippen LogP contribution in [0.5, 0.6) is 0 Å². The highest BCUT2D eigenvalue weighted by Crippen LogP contribution is 2.25. The van der Waals surface area contributed by atoms with Crippen LogP contribution in [0.4, 0.5) is 0 Å². The van der Waals surface area contributed by atoms with E-state index >= 15 is 0 Å². The lowest BCUT2D eigenvalue weighted by molar-refractivity contribution is 0.0995. The van der Waals surface area contributed by atoms with Crippen LogP contribution in [-0.2, 0) is 0 Å². The number of furan rings is 1. The maximum atomic E-state index is 11.3. The van der Waals surface area contributed by atoms with E-state index in [4.69, 9.17) is 10.2 Å². The zero-order valence-corrected chi connectivity index (χ0v) is 9.02. The Morgan fingerprint density at radius 1 is 1.44 bits per heavy atom. The molecule has 0 aliphatic heterocycles. The minimum Gasteiger partial charge on any atom is -0.464 e. The molecule has 0 spiro atoms. The first-order valence-corrected chi connectivity index (χ1v) is 4.77. The highest BCUT2D eigenvalue weighted by atomic mass is 16.3. The summed E-state index contributed by atoms with van der Waals surface area (Å²) in [6.07, 6.45) is 3.10. The third-order valence-corrected chi connectivity index (χ3v) is 2.25. The van der Waals surface area contributed by atoms with Crippen LogP contribution < -0.4 is 5.73 Å². The second-order valence-electron chi connectivity index (χ2n) is 3.48. The van der Waals surface area contributed by atoms with Gasteiger partial charge in [0.2, 0.25) is 0 Å². The number of aryl methyl sites for hydroxylation is 2. The Morgan fingerprint density at radius 2 is 2.19 bits per heavy atom. The second kappa shape index (κ2) is 3.77. The highest BCUT2D eigenvalue weighted by molar-refractivity contribution is 5.97. The zero-order chi connectivity index (χ0) is 11.7. The van der Waals surface area contributed by atoms with Crippen LogP contribution in [-0.4, -0.2) is 15.9 Å². The molecule has 82 valence electrons. The van der Waals surface area contributed by atoms with E-state index in [9.17, 15) is 4.79 Å². The number of nitrogens with zero attached hydrogens (tertiary/aromatic N) is 2. The van der Waals surface area contributed by atoms with Crippen LogP contribution in [0.25, 0.3) is 11.3 Å². The molecule has 0 bridgehead atoms. The van der Waals surface area contributed by atoms with Crippen LogP contribution >= 0.6 is 0 Å². The predicted octanol–water partition coefficient (Wildman–Crippen LogP) is 1.45. The summed E-state index contributed by atoms with van der Waals surface area (Å²) in [6, 6.07) is 1.81. The van der Waals surface area contributed by atoms with E-state index in [2.05, 4.69) is 9.97 Å². The molecule has 0 fully saturated rings. The smallest absolute Gasteiger partial charge is 0.268 e. The number of rotatable bonds is 2. The zero-order valence-electron chi connectivity index (χ0n) is 9.02. The van der Waals surface area contributed by atoms with Crippen LogP contribution in [0.3, 0.4) is 0 Å². The van der Waals surface area contributed by atoms with E-state index in [1.165, 1.54) is 0 Å². The molecule has 0 atom stereocenters. The molecule has 5 nitrogen and oxygen atoms in total. The summed E-state index contributed by atoms with van der Waals surface area (Å²) < 4.78 is 5.29. The number of primary amides is 1. The van der Waals surface area contributed by atoms with E-state index < -0.39 is 5.91 Å². The summed E-state index contributed by atoms with van der Waals surface area (Å²) >= 11 is 0. The van der Waals surface area contributed by atoms with Crippen molar-refractivity contribution in [2.45, 2.75) is 13.8 Å². The Hall–Kier alpha value is -2.17. The maximum absolute atomic E-state index is 11.3.